The fourth-order valence-corrected chi connectivity index (χ4v) is 1.50. The molecule has 0 aliphatic heterocycles. The number of hydrogen-bond donors (Lipinski definition) is 1. The van der Waals surface area contributed by atoms with Gasteiger partial charge in [-0.3, -0.25) is 0 Å². The first-order chi connectivity index (χ1) is 7.63. The predicted molar refractivity (Wildman–Crippen MR) is 61.5 cm³/mol. The van der Waals surface area contributed by atoms with Gasteiger partial charge in [-0.2, -0.15) is 0 Å². The highest BCUT2D eigenvalue weighted by Gasteiger charge is 2.00. The van der Waals surface area contributed by atoms with Crippen molar-refractivity contribution in [2.24, 2.45) is 0 Å². The van der Waals surface area contributed by atoms with Gasteiger partial charge in [-0.25, -0.2) is 14.4 Å². The first-order valence-corrected chi connectivity index (χ1v) is 5.05. The van der Waals surface area contributed by atoms with Crippen LogP contribution in [0.3, 0.4) is 0 Å². The lowest BCUT2D eigenvalue weighted by Crippen LogP contribution is -1.96. The number of halogens is 2. The Morgan fingerprint density at radius 3 is 2.50 bits per heavy atom. The van der Waals surface area contributed by atoms with Crippen LogP contribution in [0.15, 0.2) is 30.3 Å². The Labute approximate surface area is 97.3 Å². The molecule has 0 fully saturated rings. The summed E-state index contributed by atoms with van der Waals surface area (Å²) in [5.41, 5.74) is 1.51. The molecule has 16 heavy (non-hydrogen) atoms. The highest BCUT2D eigenvalue weighted by molar-refractivity contribution is 6.28. The second-order valence-corrected chi connectivity index (χ2v) is 3.63. The summed E-state index contributed by atoms with van der Waals surface area (Å²) in [5.74, 6) is 0.312. The fraction of sp³-hybridized carbons (Fsp3) is 0.0909. The third-order valence-electron chi connectivity index (χ3n) is 1.94. The molecule has 0 saturated heterocycles. The van der Waals surface area contributed by atoms with Crippen LogP contribution in [-0.2, 0) is 0 Å². The Balaban J connectivity index is 2.23. The number of benzene rings is 1. The molecule has 3 nitrogen and oxygen atoms in total. The lowest BCUT2D eigenvalue weighted by Gasteiger charge is -2.06. The quantitative estimate of drug-likeness (QED) is 0.815. The number of aromatic nitrogens is 2. The standard InChI is InChI=1S/C11H9ClFN3/c1-7-6-10(16-11(12)14-7)15-9-4-2-8(13)3-5-9/h2-6H,1H3,(H,14,15,16). The maximum absolute atomic E-state index is 12.7. The van der Waals surface area contributed by atoms with Gasteiger partial charge in [0.05, 0.1) is 0 Å². The van der Waals surface area contributed by atoms with E-state index in [1.54, 1.807) is 18.2 Å². The summed E-state index contributed by atoms with van der Waals surface area (Å²) >= 11 is 5.72. The fourth-order valence-electron chi connectivity index (χ4n) is 1.28. The van der Waals surface area contributed by atoms with Gasteiger partial charge in [-0.1, -0.05) is 0 Å². The number of anilines is 2. The lowest BCUT2D eigenvalue weighted by atomic mass is 10.3. The third kappa shape index (κ3) is 2.67. The molecule has 0 amide bonds. The van der Waals surface area contributed by atoms with Crippen molar-refractivity contribution in [2.45, 2.75) is 6.92 Å². The Kier molecular flexibility index (Phi) is 3.01. The van der Waals surface area contributed by atoms with E-state index in [1.807, 2.05) is 6.92 Å². The van der Waals surface area contributed by atoms with Crippen LogP contribution in [0.2, 0.25) is 5.28 Å². The van der Waals surface area contributed by atoms with E-state index in [0.717, 1.165) is 11.4 Å². The van der Waals surface area contributed by atoms with Crippen molar-refractivity contribution in [2.75, 3.05) is 5.32 Å². The van der Waals surface area contributed by atoms with Gasteiger partial charge in [0.15, 0.2) is 0 Å². The van der Waals surface area contributed by atoms with Crippen molar-refractivity contribution in [1.82, 2.24) is 9.97 Å². The van der Waals surface area contributed by atoms with Gasteiger partial charge in [0.2, 0.25) is 5.28 Å². The van der Waals surface area contributed by atoms with Crippen molar-refractivity contribution in [3.63, 3.8) is 0 Å². The van der Waals surface area contributed by atoms with Crippen LogP contribution in [0.4, 0.5) is 15.9 Å². The Hall–Kier alpha value is -1.68. The van der Waals surface area contributed by atoms with E-state index in [0.29, 0.717) is 5.82 Å². The maximum atomic E-state index is 12.7. The van der Waals surface area contributed by atoms with Gasteiger partial charge in [-0.15, -0.1) is 0 Å². The van der Waals surface area contributed by atoms with Gasteiger partial charge < -0.3 is 5.32 Å². The molecule has 1 aromatic carbocycles. The van der Waals surface area contributed by atoms with Gasteiger partial charge >= 0.3 is 0 Å². The van der Waals surface area contributed by atoms with Gasteiger partial charge in [-0.05, 0) is 42.8 Å². The first kappa shape index (κ1) is 10.8. The minimum atomic E-state index is -0.276. The van der Waals surface area contributed by atoms with Crippen molar-refractivity contribution >= 4 is 23.1 Å². The highest BCUT2D eigenvalue weighted by Crippen LogP contribution is 2.16. The topological polar surface area (TPSA) is 37.8 Å². The third-order valence-corrected chi connectivity index (χ3v) is 2.11. The molecule has 1 N–H and O–H groups in total. The number of nitrogens with zero attached hydrogens (tertiary/aromatic N) is 2. The molecule has 2 aromatic rings. The van der Waals surface area contributed by atoms with Crippen molar-refractivity contribution < 1.29 is 4.39 Å². The maximum Gasteiger partial charge on any atom is 0.224 e. The molecule has 1 heterocycles. The number of rotatable bonds is 2. The SMILES string of the molecule is Cc1cc(Nc2ccc(F)cc2)nc(Cl)n1. The highest BCUT2D eigenvalue weighted by atomic mass is 35.5. The van der Waals surface area contributed by atoms with E-state index in [1.165, 1.54) is 12.1 Å². The molecule has 0 spiro atoms. The van der Waals surface area contributed by atoms with Crippen LogP contribution in [0.1, 0.15) is 5.69 Å². The van der Waals surface area contributed by atoms with E-state index < -0.39 is 0 Å². The number of hydrogen-bond acceptors (Lipinski definition) is 3. The van der Waals surface area contributed by atoms with Crippen molar-refractivity contribution in [1.29, 1.82) is 0 Å². The van der Waals surface area contributed by atoms with E-state index in [9.17, 15) is 4.39 Å². The van der Waals surface area contributed by atoms with Crippen LogP contribution < -0.4 is 5.32 Å². The van der Waals surface area contributed by atoms with E-state index >= 15 is 0 Å². The largest absolute Gasteiger partial charge is 0.340 e. The molecule has 0 atom stereocenters. The van der Waals surface area contributed by atoms with Crippen molar-refractivity contribution in [3.8, 4) is 0 Å². The summed E-state index contributed by atoms with van der Waals surface area (Å²) in [5, 5.41) is 3.20. The molecule has 0 radical (unpaired) electrons. The van der Waals surface area contributed by atoms with Gasteiger partial charge in [0.25, 0.3) is 0 Å². The molecule has 0 saturated carbocycles. The zero-order valence-corrected chi connectivity index (χ0v) is 9.29. The zero-order chi connectivity index (χ0) is 11.5. The molecule has 0 bridgehead atoms. The number of aryl methyl sites for hydroxylation is 1. The van der Waals surface area contributed by atoms with E-state index in [2.05, 4.69) is 15.3 Å². The average Bonchev–Trinajstić information content (AvgIpc) is 2.20. The molecule has 1 aromatic heterocycles. The second kappa shape index (κ2) is 4.45. The smallest absolute Gasteiger partial charge is 0.224 e. The molecule has 0 aliphatic rings. The monoisotopic (exact) mass is 237 g/mol. The molecule has 5 heteroatoms. The first-order valence-electron chi connectivity index (χ1n) is 4.67. The minimum absolute atomic E-state index is 0.185. The van der Waals surface area contributed by atoms with E-state index in [-0.39, 0.29) is 11.1 Å². The second-order valence-electron chi connectivity index (χ2n) is 3.30. The molecule has 2 rings (SSSR count). The normalized spacial score (nSPS) is 10.2. The predicted octanol–water partition coefficient (Wildman–Crippen LogP) is 3.32. The summed E-state index contributed by atoms with van der Waals surface area (Å²) in [6, 6.07) is 7.76. The molecule has 0 unspecified atom stereocenters. The number of nitrogens with one attached hydrogen (secondary N) is 1. The summed E-state index contributed by atoms with van der Waals surface area (Å²) in [4.78, 5) is 7.95. The van der Waals surface area contributed by atoms with Crippen molar-refractivity contribution in [3.05, 3.63) is 47.1 Å². The van der Waals surface area contributed by atoms with Gasteiger partial charge in [0.1, 0.15) is 11.6 Å². The van der Waals surface area contributed by atoms with E-state index in [4.69, 9.17) is 11.6 Å². The lowest BCUT2D eigenvalue weighted by molar-refractivity contribution is 0.628. The summed E-state index contributed by atoms with van der Waals surface area (Å²) in [6.07, 6.45) is 0. The Morgan fingerprint density at radius 1 is 1.19 bits per heavy atom. The van der Waals surface area contributed by atoms with Crippen LogP contribution in [0, 0.1) is 12.7 Å². The minimum Gasteiger partial charge on any atom is -0.340 e. The van der Waals surface area contributed by atoms with Crippen LogP contribution in [0.5, 0.6) is 0 Å². The van der Waals surface area contributed by atoms with Crippen LogP contribution in [0.25, 0.3) is 0 Å². The summed E-state index contributed by atoms with van der Waals surface area (Å²) < 4.78 is 12.7. The summed E-state index contributed by atoms with van der Waals surface area (Å²) in [6.45, 7) is 1.82. The Bertz CT molecular complexity index is 479. The average molecular weight is 238 g/mol. The van der Waals surface area contributed by atoms with Gasteiger partial charge in [0, 0.05) is 17.4 Å². The molecular weight excluding hydrogens is 229 g/mol. The Morgan fingerprint density at radius 2 is 1.88 bits per heavy atom. The molecular formula is C11H9ClFN3. The van der Waals surface area contributed by atoms with Crippen LogP contribution in [-0.4, -0.2) is 9.97 Å². The zero-order valence-electron chi connectivity index (χ0n) is 8.54. The summed E-state index contributed by atoms with van der Waals surface area (Å²) in [7, 11) is 0. The molecule has 0 aliphatic carbocycles. The molecule has 82 valence electrons. The van der Waals surface area contributed by atoms with Crippen LogP contribution >= 0.6 is 11.6 Å².